The van der Waals surface area contributed by atoms with E-state index in [1.54, 1.807) is 0 Å². The Morgan fingerprint density at radius 1 is 0.529 bits per heavy atom. The third-order valence-corrected chi connectivity index (χ3v) is 6.84. The van der Waals surface area contributed by atoms with Gasteiger partial charge in [0.15, 0.2) is 11.2 Å². The molecule has 0 aliphatic carbocycles. The SMILES string of the molecule is Cc1cc(C)c2oc(-c3ccc4c(C)c(-c5nc6cc(C)cc(C)c6o5)ccc4c3C)nc2c1. The van der Waals surface area contributed by atoms with E-state index >= 15 is 0 Å². The monoisotopic (exact) mass is 446 g/mol. The molecular weight excluding hydrogens is 420 g/mol. The van der Waals surface area contributed by atoms with E-state index in [4.69, 9.17) is 18.8 Å². The van der Waals surface area contributed by atoms with Gasteiger partial charge in [-0.1, -0.05) is 24.3 Å². The molecule has 4 nitrogen and oxygen atoms in total. The summed E-state index contributed by atoms with van der Waals surface area (Å²) in [4.78, 5) is 9.62. The van der Waals surface area contributed by atoms with Crippen LogP contribution in [0.1, 0.15) is 33.4 Å². The van der Waals surface area contributed by atoms with Gasteiger partial charge in [-0.15, -0.1) is 0 Å². The fourth-order valence-electron chi connectivity index (χ4n) is 5.15. The van der Waals surface area contributed by atoms with E-state index in [-0.39, 0.29) is 0 Å². The molecule has 0 atom stereocenters. The summed E-state index contributed by atoms with van der Waals surface area (Å²) < 4.78 is 12.4. The lowest BCUT2D eigenvalue weighted by Crippen LogP contribution is -1.91. The molecule has 4 heteroatoms. The first-order valence-corrected chi connectivity index (χ1v) is 11.6. The molecule has 0 aliphatic rings. The zero-order valence-electron chi connectivity index (χ0n) is 20.3. The summed E-state index contributed by atoms with van der Waals surface area (Å²) in [5.74, 6) is 1.32. The van der Waals surface area contributed by atoms with Crippen LogP contribution < -0.4 is 0 Å². The first kappa shape index (κ1) is 20.7. The minimum absolute atomic E-state index is 0.662. The maximum absolute atomic E-state index is 6.21. The van der Waals surface area contributed by atoms with Gasteiger partial charge < -0.3 is 8.83 Å². The fourth-order valence-corrected chi connectivity index (χ4v) is 5.15. The predicted molar refractivity (Wildman–Crippen MR) is 138 cm³/mol. The number of hydrogen-bond acceptors (Lipinski definition) is 4. The molecule has 0 N–H and O–H groups in total. The summed E-state index contributed by atoms with van der Waals surface area (Å²) in [6, 6.07) is 16.9. The topological polar surface area (TPSA) is 52.1 Å². The summed E-state index contributed by atoms with van der Waals surface area (Å²) in [5.41, 5.74) is 12.4. The van der Waals surface area contributed by atoms with E-state index in [9.17, 15) is 0 Å². The van der Waals surface area contributed by atoms with Gasteiger partial charge in [0, 0.05) is 11.1 Å². The molecule has 168 valence electrons. The molecule has 0 amide bonds. The van der Waals surface area contributed by atoms with Crippen LogP contribution in [0.3, 0.4) is 0 Å². The molecule has 0 bridgehead atoms. The molecule has 4 aromatic carbocycles. The number of oxazole rings is 2. The van der Waals surface area contributed by atoms with Crippen LogP contribution in [0.5, 0.6) is 0 Å². The number of rotatable bonds is 2. The van der Waals surface area contributed by atoms with Crippen LogP contribution in [0.25, 0.3) is 55.9 Å². The molecule has 0 aliphatic heterocycles. The Balaban J connectivity index is 1.50. The minimum Gasteiger partial charge on any atom is -0.436 e. The average molecular weight is 447 g/mol. The van der Waals surface area contributed by atoms with Crippen molar-refractivity contribution >= 4 is 33.0 Å². The van der Waals surface area contributed by atoms with Crippen molar-refractivity contribution < 1.29 is 8.83 Å². The van der Waals surface area contributed by atoms with Crippen LogP contribution >= 0.6 is 0 Å². The normalized spacial score (nSPS) is 11.8. The maximum Gasteiger partial charge on any atom is 0.227 e. The van der Waals surface area contributed by atoms with Crippen molar-refractivity contribution in [2.24, 2.45) is 0 Å². The van der Waals surface area contributed by atoms with Crippen LogP contribution in [0.15, 0.2) is 57.4 Å². The zero-order chi connectivity index (χ0) is 23.7. The molecule has 34 heavy (non-hydrogen) atoms. The van der Waals surface area contributed by atoms with Crippen molar-refractivity contribution in [3.63, 3.8) is 0 Å². The van der Waals surface area contributed by atoms with Crippen LogP contribution in [0, 0.1) is 41.5 Å². The summed E-state index contributed by atoms with van der Waals surface area (Å²) in [5, 5.41) is 2.36. The quantitative estimate of drug-likeness (QED) is 0.268. The van der Waals surface area contributed by atoms with Crippen molar-refractivity contribution in [1.29, 1.82) is 0 Å². The van der Waals surface area contributed by atoms with Gasteiger partial charge in [-0.05, 0) is 110 Å². The van der Waals surface area contributed by atoms with Gasteiger partial charge in [-0.25, -0.2) is 9.97 Å². The molecule has 0 radical (unpaired) electrons. The highest BCUT2D eigenvalue weighted by Crippen LogP contribution is 2.37. The van der Waals surface area contributed by atoms with E-state index in [0.717, 1.165) is 55.6 Å². The summed E-state index contributed by atoms with van der Waals surface area (Å²) in [6.45, 7) is 12.6. The van der Waals surface area contributed by atoms with Crippen molar-refractivity contribution in [2.45, 2.75) is 41.5 Å². The molecule has 6 aromatic rings. The highest BCUT2D eigenvalue weighted by Gasteiger charge is 2.18. The third-order valence-electron chi connectivity index (χ3n) is 6.84. The number of fused-ring (bicyclic) bond motifs is 3. The molecule has 6 rings (SSSR count). The molecule has 0 saturated carbocycles. The number of hydrogen-bond donors (Lipinski definition) is 0. The van der Waals surface area contributed by atoms with Gasteiger partial charge >= 0.3 is 0 Å². The van der Waals surface area contributed by atoms with E-state index in [1.165, 1.54) is 21.9 Å². The van der Waals surface area contributed by atoms with Crippen molar-refractivity contribution in [3.8, 4) is 22.9 Å². The summed E-state index contributed by atoms with van der Waals surface area (Å²) in [6.07, 6.45) is 0. The smallest absolute Gasteiger partial charge is 0.227 e. The molecule has 0 fully saturated rings. The van der Waals surface area contributed by atoms with Crippen molar-refractivity contribution in [1.82, 2.24) is 9.97 Å². The Morgan fingerprint density at radius 2 is 0.941 bits per heavy atom. The number of benzene rings is 4. The Morgan fingerprint density at radius 3 is 1.35 bits per heavy atom. The Labute approximate surface area is 198 Å². The van der Waals surface area contributed by atoms with E-state index in [0.29, 0.717) is 11.8 Å². The maximum atomic E-state index is 6.21. The molecular formula is C30H26N2O2. The standard InChI is InChI=1S/C30H26N2O2/c1-15-11-17(3)27-25(13-15)31-29(33-27)23-9-7-22-20(6)24(10-8-21(22)19(23)5)30-32-26-14-16(2)12-18(4)28(26)34-30/h7-14H,1-6H3. The van der Waals surface area contributed by atoms with Crippen molar-refractivity contribution in [3.05, 3.63) is 81.9 Å². The van der Waals surface area contributed by atoms with Crippen LogP contribution in [0.4, 0.5) is 0 Å². The van der Waals surface area contributed by atoms with Crippen molar-refractivity contribution in [2.75, 3.05) is 0 Å². The van der Waals surface area contributed by atoms with Gasteiger partial charge in [-0.3, -0.25) is 0 Å². The highest BCUT2D eigenvalue weighted by molar-refractivity contribution is 5.96. The largest absolute Gasteiger partial charge is 0.436 e. The average Bonchev–Trinajstić information content (AvgIpc) is 3.39. The number of aromatic nitrogens is 2. The molecule has 2 heterocycles. The lowest BCUT2D eigenvalue weighted by atomic mass is 9.94. The van der Waals surface area contributed by atoms with E-state index in [2.05, 4.69) is 90.1 Å². The Bertz CT molecular complexity index is 1640. The minimum atomic E-state index is 0.662. The van der Waals surface area contributed by atoms with Gasteiger partial charge in [-0.2, -0.15) is 0 Å². The lowest BCUT2D eigenvalue weighted by molar-refractivity contribution is 0.616. The van der Waals surface area contributed by atoms with Crippen LogP contribution in [0.2, 0.25) is 0 Å². The highest BCUT2D eigenvalue weighted by atomic mass is 16.4. The van der Waals surface area contributed by atoms with Gasteiger partial charge in [0.1, 0.15) is 11.0 Å². The van der Waals surface area contributed by atoms with Crippen LogP contribution in [-0.2, 0) is 0 Å². The van der Waals surface area contributed by atoms with Gasteiger partial charge in [0.25, 0.3) is 0 Å². The lowest BCUT2D eigenvalue weighted by Gasteiger charge is -2.11. The van der Waals surface area contributed by atoms with E-state index in [1.807, 2.05) is 0 Å². The van der Waals surface area contributed by atoms with Gasteiger partial charge in [0.05, 0.1) is 0 Å². The summed E-state index contributed by atoms with van der Waals surface area (Å²) >= 11 is 0. The number of aryl methyl sites for hydroxylation is 6. The zero-order valence-corrected chi connectivity index (χ0v) is 20.3. The second kappa shape index (κ2) is 7.29. The van der Waals surface area contributed by atoms with E-state index < -0.39 is 0 Å². The first-order valence-electron chi connectivity index (χ1n) is 11.6. The molecule has 0 spiro atoms. The second-order valence-electron chi connectivity index (χ2n) is 9.47. The Kier molecular flexibility index (Phi) is 4.43. The first-order chi connectivity index (χ1) is 16.3. The second-order valence-corrected chi connectivity index (χ2v) is 9.47. The Hall–Kier alpha value is -3.92. The molecule has 2 aromatic heterocycles. The summed E-state index contributed by atoms with van der Waals surface area (Å²) in [7, 11) is 0. The van der Waals surface area contributed by atoms with Crippen LogP contribution in [-0.4, -0.2) is 9.97 Å². The molecule has 0 unspecified atom stereocenters. The predicted octanol–water partition coefficient (Wildman–Crippen LogP) is 8.31. The van der Waals surface area contributed by atoms with Gasteiger partial charge in [0.2, 0.25) is 11.8 Å². The number of nitrogens with zero attached hydrogens (tertiary/aromatic N) is 2. The third kappa shape index (κ3) is 3.06. The fraction of sp³-hybridized carbons (Fsp3) is 0.200. The molecule has 0 saturated heterocycles.